The summed E-state index contributed by atoms with van der Waals surface area (Å²) in [6.07, 6.45) is 0.740. The molecule has 0 bridgehead atoms. The third-order valence-electron chi connectivity index (χ3n) is 3.74. The van der Waals surface area contributed by atoms with Crippen LogP contribution < -0.4 is 5.73 Å². The third-order valence-corrected chi connectivity index (χ3v) is 4.23. The first-order valence-corrected chi connectivity index (χ1v) is 7.93. The van der Waals surface area contributed by atoms with Crippen LogP contribution in [0.3, 0.4) is 0 Å². The lowest BCUT2D eigenvalue weighted by Crippen LogP contribution is -2.16. The lowest BCUT2D eigenvalue weighted by Gasteiger charge is -2.13. The number of imidazole rings is 1. The summed E-state index contributed by atoms with van der Waals surface area (Å²) < 4.78 is 3.29. The second-order valence-corrected chi connectivity index (χ2v) is 6.04. The fraction of sp³-hybridized carbons (Fsp3) is 0.235. The largest absolute Gasteiger partial charge is 0.328 e. The van der Waals surface area contributed by atoms with Crippen LogP contribution in [0.4, 0.5) is 0 Å². The third kappa shape index (κ3) is 2.87. The van der Waals surface area contributed by atoms with E-state index in [0.717, 1.165) is 39.9 Å². The molecule has 1 aromatic heterocycles. The number of aryl methyl sites for hydroxylation is 1. The Morgan fingerprint density at radius 1 is 1.19 bits per heavy atom. The maximum Gasteiger partial charge on any atom is 0.111 e. The molecule has 0 aliphatic rings. The minimum absolute atomic E-state index is 0.0308. The van der Waals surface area contributed by atoms with E-state index in [1.165, 1.54) is 0 Å². The summed E-state index contributed by atoms with van der Waals surface area (Å²) in [5.41, 5.74) is 9.66. The summed E-state index contributed by atoms with van der Waals surface area (Å²) in [5.74, 6) is 1.04. The molecule has 4 heteroatoms. The first-order valence-electron chi connectivity index (χ1n) is 7.14. The number of hydrogen-bond donors (Lipinski definition) is 1. The molecule has 108 valence electrons. The van der Waals surface area contributed by atoms with Crippen LogP contribution in [0.1, 0.15) is 24.4 Å². The van der Waals surface area contributed by atoms with Crippen LogP contribution in [0.25, 0.3) is 11.0 Å². The van der Waals surface area contributed by atoms with Crippen LogP contribution in [-0.4, -0.2) is 9.55 Å². The van der Waals surface area contributed by atoms with Crippen LogP contribution in [0.15, 0.2) is 53.0 Å². The Kier molecular flexibility index (Phi) is 4.08. The second-order valence-electron chi connectivity index (χ2n) is 5.13. The molecule has 1 heterocycles. The number of benzene rings is 2. The van der Waals surface area contributed by atoms with E-state index in [1.807, 2.05) is 18.2 Å². The molecule has 0 aliphatic heterocycles. The van der Waals surface area contributed by atoms with Gasteiger partial charge >= 0.3 is 0 Å². The summed E-state index contributed by atoms with van der Waals surface area (Å²) in [6, 6.07) is 16.4. The topological polar surface area (TPSA) is 43.8 Å². The van der Waals surface area contributed by atoms with Gasteiger partial charge in [-0.1, -0.05) is 46.3 Å². The Morgan fingerprint density at radius 3 is 2.67 bits per heavy atom. The Balaban J connectivity index is 1.96. The molecule has 0 amide bonds. The van der Waals surface area contributed by atoms with Crippen LogP contribution >= 0.6 is 15.9 Å². The van der Waals surface area contributed by atoms with Crippen molar-refractivity contribution in [3.05, 3.63) is 64.4 Å². The van der Waals surface area contributed by atoms with E-state index in [0.29, 0.717) is 0 Å². The molecule has 3 rings (SSSR count). The predicted molar refractivity (Wildman–Crippen MR) is 90.2 cm³/mol. The molecule has 3 aromatic rings. The number of halogens is 1. The Morgan fingerprint density at radius 2 is 1.95 bits per heavy atom. The normalized spacial score (nSPS) is 12.7. The number of hydrogen-bond acceptors (Lipinski definition) is 2. The van der Waals surface area contributed by atoms with Crippen molar-refractivity contribution in [2.24, 2.45) is 5.73 Å². The molecule has 1 unspecified atom stereocenters. The van der Waals surface area contributed by atoms with Crippen molar-refractivity contribution >= 4 is 27.0 Å². The highest BCUT2D eigenvalue weighted by Crippen LogP contribution is 2.23. The van der Waals surface area contributed by atoms with Gasteiger partial charge in [0.25, 0.3) is 0 Å². The number of fused-ring (bicyclic) bond motifs is 1. The van der Waals surface area contributed by atoms with Crippen molar-refractivity contribution in [1.82, 2.24) is 9.55 Å². The Labute approximate surface area is 132 Å². The van der Waals surface area contributed by atoms with Gasteiger partial charge in [-0.05, 0) is 30.7 Å². The maximum absolute atomic E-state index is 6.34. The molecular weight excluding hydrogens is 326 g/mol. The van der Waals surface area contributed by atoms with Crippen molar-refractivity contribution in [2.45, 2.75) is 25.9 Å². The summed E-state index contributed by atoms with van der Waals surface area (Å²) in [7, 11) is 0. The van der Waals surface area contributed by atoms with Gasteiger partial charge < -0.3 is 10.3 Å². The Bertz CT molecular complexity index is 749. The molecule has 1 atom stereocenters. The first-order chi connectivity index (χ1) is 10.2. The van der Waals surface area contributed by atoms with Crippen molar-refractivity contribution < 1.29 is 0 Å². The SMILES string of the molecule is CCn1c(CC(N)c2ccccc2)nc2cc(Br)ccc21. The molecule has 0 radical (unpaired) electrons. The molecular formula is C17H18BrN3. The standard InChI is InChI=1S/C17H18BrN3/c1-2-21-16-9-8-13(18)10-15(16)20-17(21)11-14(19)12-6-4-3-5-7-12/h3-10,14H,2,11,19H2,1H3. The molecule has 21 heavy (non-hydrogen) atoms. The van der Waals surface area contributed by atoms with Gasteiger partial charge in [-0.15, -0.1) is 0 Å². The molecule has 2 N–H and O–H groups in total. The zero-order valence-electron chi connectivity index (χ0n) is 12.0. The number of aromatic nitrogens is 2. The summed E-state index contributed by atoms with van der Waals surface area (Å²) in [5, 5.41) is 0. The monoisotopic (exact) mass is 343 g/mol. The van der Waals surface area contributed by atoms with Crippen LogP contribution in [0.2, 0.25) is 0 Å². The van der Waals surface area contributed by atoms with Crippen molar-refractivity contribution in [3.8, 4) is 0 Å². The zero-order valence-corrected chi connectivity index (χ0v) is 13.5. The lowest BCUT2D eigenvalue weighted by molar-refractivity contribution is 0.637. The highest BCUT2D eigenvalue weighted by atomic mass is 79.9. The fourth-order valence-corrected chi connectivity index (χ4v) is 3.03. The van der Waals surface area contributed by atoms with Gasteiger partial charge in [-0.25, -0.2) is 4.98 Å². The Hall–Kier alpha value is -1.65. The van der Waals surface area contributed by atoms with E-state index in [2.05, 4.69) is 57.8 Å². The molecule has 0 fully saturated rings. The van der Waals surface area contributed by atoms with E-state index in [-0.39, 0.29) is 6.04 Å². The lowest BCUT2D eigenvalue weighted by atomic mass is 10.0. The summed E-state index contributed by atoms with van der Waals surface area (Å²) in [4.78, 5) is 4.76. The minimum Gasteiger partial charge on any atom is -0.328 e. The van der Waals surface area contributed by atoms with Gasteiger partial charge in [0.15, 0.2) is 0 Å². The number of nitrogens with zero attached hydrogens (tertiary/aromatic N) is 2. The molecule has 0 spiro atoms. The maximum atomic E-state index is 6.34. The molecule has 0 saturated carbocycles. The average molecular weight is 344 g/mol. The molecule has 0 aliphatic carbocycles. The highest BCUT2D eigenvalue weighted by molar-refractivity contribution is 9.10. The van der Waals surface area contributed by atoms with E-state index in [4.69, 9.17) is 10.7 Å². The van der Waals surface area contributed by atoms with E-state index < -0.39 is 0 Å². The molecule has 0 saturated heterocycles. The summed E-state index contributed by atoms with van der Waals surface area (Å²) in [6.45, 7) is 3.04. The quantitative estimate of drug-likeness (QED) is 0.776. The average Bonchev–Trinajstić information content (AvgIpc) is 2.84. The van der Waals surface area contributed by atoms with Crippen molar-refractivity contribution in [1.29, 1.82) is 0 Å². The molecule has 2 aromatic carbocycles. The zero-order chi connectivity index (χ0) is 14.8. The van der Waals surface area contributed by atoms with E-state index >= 15 is 0 Å². The van der Waals surface area contributed by atoms with Gasteiger partial charge in [0.05, 0.1) is 11.0 Å². The number of nitrogens with two attached hydrogens (primary N) is 1. The number of rotatable bonds is 4. The van der Waals surface area contributed by atoms with E-state index in [1.54, 1.807) is 0 Å². The van der Waals surface area contributed by atoms with Crippen molar-refractivity contribution in [2.75, 3.05) is 0 Å². The van der Waals surface area contributed by atoms with Gasteiger partial charge in [0.1, 0.15) is 5.82 Å². The van der Waals surface area contributed by atoms with Crippen LogP contribution in [0.5, 0.6) is 0 Å². The predicted octanol–water partition coefficient (Wildman–Crippen LogP) is 4.06. The van der Waals surface area contributed by atoms with Crippen LogP contribution in [-0.2, 0) is 13.0 Å². The van der Waals surface area contributed by atoms with Gasteiger partial charge in [-0.2, -0.15) is 0 Å². The van der Waals surface area contributed by atoms with Gasteiger partial charge in [0.2, 0.25) is 0 Å². The second kappa shape index (κ2) is 6.00. The fourth-order valence-electron chi connectivity index (χ4n) is 2.68. The molecule has 3 nitrogen and oxygen atoms in total. The smallest absolute Gasteiger partial charge is 0.111 e. The van der Waals surface area contributed by atoms with Gasteiger partial charge in [0, 0.05) is 23.5 Å². The summed E-state index contributed by atoms with van der Waals surface area (Å²) >= 11 is 3.50. The first kappa shape index (κ1) is 14.3. The van der Waals surface area contributed by atoms with Crippen molar-refractivity contribution in [3.63, 3.8) is 0 Å². The van der Waals surface area contributed by atoms with E-state index in [9.17, 15) is 0 Å². The van der Waals surface area contributed by atoms with Crippen LogP contribution in [0, 0.1) is 0 Å². The minimum atomic E-state index is -0.0308. The highest BCUT2D eigenvalue weighted by Gasteiger charge is 2.14. The van der Waals surface area contributed by atoms with Gasteiger partial charge in [-0.3, -0.25) is 0 Å².